The predicted molar refractivity (Wildman–Crippen MR) is 127 cm³/mol. The number of hydrogen-bond acceptors (Lipinski definition) is 15. The molecule has 205 valence electrons. The Morgan fingerprint density at radius 2 is 2.11 bits per heavy atom. The van der Waals surface area contributed by atoms with Gasteiger partial charge in [0, 0.05) is 19.2 Å². The van der Waals surface area contributed by atoms with Crippen LogP contribution in [-0.2, 0) is 45.9 Å². The van der Waals surface area contributed by atoms with Gasteiger partial charge in [0.25, 0.3) is 15.6 Å². The fourth-order valence-electron chi connectivity index (χ4n) is 2.74. The maximum atomic E-state index is 12.3. The van der Waals surface area contributed by atoms with Crippen LogP contribution in [0.25, 0.3) is 10.4 Å². The SMILES string of the molecule is [2H]CSSCC(=O)C[B]C[C@H]1C[C@@H](OC(=O)CCN=[N+]=[N-])[C@@H](COP([CH2-])(=O)OP(=O)([O-])OP(=O)([O-])O)O1. The molecule has 0 amide bonds. The van der Waals surface area contributed by atoms with E-state index in [0.29, 0.717) is 0 Å². The molecule has 1 radical (unpaired) electrons. The summed E-state index contributed by atoms with van der Waals surface area (Å²) in [6, 6.07) is 0. The van der Waals surface area contributed by atoms with Crippen molar-refractivity contribution < 1.29 is 62.0 Å². The number of nitrogens with zero attached hydrogens (tertiary/aromatic N) is 3. The summed E-state index contributed by atoms with van der Waals surface area (Å²) >= 11 is 0. The van der Waals surface area contributed by atoms with Crippen LogP contribution >= 0.6 is 44.8 Å². The van der Waals surface area contributed by atoms with Crippen LogP contribution < -0.4 is 9.79 Å². The fraction of sp³-hybridized carbons (Fsp3) is 0.786. The molecule has 1 saturated heterocycles. The third kappa shape index (κ3) is 15.1. The lowest BCUT2D eigenvalue weighted by Gasteiger charge is -2.32. The first kappa shape index (κ1) is 31.8. The van der Waals surface area contributed by atoms with E-state index >= 15 is 0 Å². The van der Waals surface area contributed by atoms with Crippen LogP contribution in [0.15, 0.2) is 5.11 Å². The van der Waals surface area contributed by atoms with Gasteiger partial charge < -0.3 is 28.7 Å². The molecule has 0 aromatic rings. The van der Waals surface area contributed by atoms with Gasteiger partial charge in [-0.1, -0.05) is 33.0 Å². The van der Waals surface area contributed by atoms with Gasteiger partial charge in [-0.15, -0.1) is 0 Å². The van der Waals surface area contributed by atoms with E-state index < -0.39 is 54.1 Å². The molecule has 6 atom stereocenters. The lowest BCUT2D eigenvalue weighted by atomic mass is 9.67. The zero-order valence-electron chi connectivity index (χ0n) is 19.5. The summed E-state index contributed by atoms with van der Waals surface area (Å²) in [6.45, 7) is 2.06. The summed E-state index contributed by atoms with van der Waals surface area (Å²) in [7, 11) is -12.3. The monoisotopic (exact) mass is 610 g/mol. The van der Waals surface area contributed by atoms with Crippen LogP contribution in [0.5, 0.6) is 0 Å². The van der Waals surface area contributed by atoms with Crippen molar-refractivity contribution in [1.82, 2.24) is 0 Å². The summed E-state index contributed by atoms with van der Waals surface area (Å²) in [5.74, 6) is -0.609. The lowest BCUT2D eigenvalue weighted by Crippen LogP contribution is -2.31. The van der Waals surface area contributed by atoms with Crippen molar-refractivity contribution in [3.63, 3.8) is 0 Å². The van der Waals surface area contributed by atoms with Gasteiger partial charge in [-0.05, 0) is 18.1 Å². The van der Waals surface area contributed by atoms with Crippen LogP contribution in [0.1, 0.15) is 14.2 Å². The molecule has 0 aliphatic carbocycles. The summed E-state index contributed by atoms with van der Waals surface area (Å²) in [5, 5.41) is 3.22. The molecular formula is C14H23BN3O13P3S2-3. The second kappa shape index (κ2) is 15.9. The molecule has 0 aromatic heterocycles. The fourth-order valence-corrected chi connectivity index (χ4v) is 6.90. The molecule has 22 heteroatoms. The summed E-state index contributed by atoms with van der Waals surface area (Å²) in [5.41, 5.74) is 8.30. The number of esters is 1. The number of Topliss-reactive ketones (excluding diaryl/α,β-unsaturated/α-hetero) is 1. The quantitative estimate of drug-likeness (QED) is 0.0268. The third-order valence-electron chi connectivity index (χ3n) is 4.01. The van der Waals surface area contributed by atoms with Crippen LogP contribution in [-0.4, -0.2) is 67.4 Å². The highest BCUT2D eigenvalue weighted by Crippen LogP contribution is 2.64. The smallest absolute Gasteiger partial charge is 0.306 e. The predicted octanol–water partition coefficient (Wildman–Crippen LogP) is 1.84. The molecule has 1 aliphatic rings. The van der Waals surface area contributed by atoms with Crippen molar-refractivity contribution in [3.8, 4) is 0 Å². The van der Waals surface area contributed by atoms with E-state index in [9.17, 15) is 33.1 Å². The van der Waals surface area contributed by atoms with Crippen molar-refractivity contribution in [1.29, 1.82) is 0 Å². The minimum Gasteiger partial charge on any atom is -0.756 e. The Hall–Kier alpha value is -0.375. The molecule has 0 spiro atoms. The van der Waals surface area contributed by atoms with Gasteiger partial charge in [0.15, 0.2) is 7.60 Å². The maximum absolute atomic E-state index is 12.3. The Kier molecular flexibility index (Phi) is 14.1. The Bertz CT molecular complexity index is 972. The summed E-state index contributed by atoms with van der Waals surface area (Å²) in [4.78, 5) is 57.0. The van der Waals surface area contributed by atoms with Crippen LogP contribution in [0, 0.1) is 6.66 Å². The first-order valence-corrected chi connectivity index (χ1v) is 16.9. The highest BCUT2D eigenvalue weighted by molar-refractivity contribution is 8.76. The number of azide groups is 1. The van der Waals surface area contributed by atoms with Crippen molar-refractivity contribution in [2.24, 2.45) is 5.11 Å². The van der Waals surface area contributed by atoms with E-state index in [2.05, 4.69) is 25.3 Å². The number of ether oxygens (including phenoxy) is 2. The van der Waals surface area contributed by atoms with Gasteiger partial charge in [-0.3, -0.25) is 27.6 Å². The molecule has 0 aromatic carbocycles. The first-order valence-electron chi connectivity index (χ1n) is 10.5. The molecule has 1 N–H and O–H groups in total. The zero-order valence-corrected chi connectivity index (χ0v) is 22.8. The summed E-state index contributed by atoms with van der Waals surface area (Å²) in [6.07, 6.45) is -2.30. The van der Waals surface area contributed by atoms with Crippen LogP contribution in [0.3, 0.4) is 0 Å². The van der Waals surface area contributed by atoms with E-state index in [1.807, 2.05) is 0 Å². The number of ketones is 1. The Balaban J connectivity index is 2.73. The average Bonchev–Trinajstić information content (AvgIpc) is 3.11. The van der Waals surface area contributed by atoms with E-state index in [1.54, 1.807) is 7.28 Å². The maximum Gasteiger partial charge on any atom is 0.306 e. The molecule has 0 saturated carbocycles. The Morgan fingerprint density at radius 3 is 2.75 bits per heavy atom. The summed E-state index contributed by atoms with van der Waals surface area (Å²) < 4.78 is 64.5. The van der Waals surface area contributed by atoms with Crippen molar-refractivity contribution in [2.75, 3.05) is 25.1 Å². The standard InChI is InChI=1S/C14H25BN3O13P3S2/c1-32(21,30-34(25,26)31-33(22,23)24)27-8-13-12(29-14(20)3-4-17-18-16)5-11(28-13)7-15-6-10(19)9-36-35-2/h11-13H,1,3-9H2,2H3,(H,25,26)(H2,22,23,24)/q-1/p-2/t11-,12-,13-,32?/m1/s1/i2D. The van der Waals surface area contributed by atoms with E-state index in [-0.39, 0.29) is 49.8 Å². The minimum atomic E-state index is -5.84. The molecule has 36 heavy (non-hydrogen) atoms. The van der Waals surface area contributed by atoms with E-state index in [0.717, 1.165) is 0 Å². The Labute approximate surface area is 216 Å². The third-order valence-corrected chi connectivity index (χ3v) is 9.43. The number of rotatable bonds is 18. The van der Waals surface area contributed by atoms with Gasteiger partial charge in [0.2, 0.25) is 0 Å². The molecule has 1 aliphatic heterocycles. The first-order chi connectivity index (χ1) is 17.2. The highest BCUT2D eigenvalue weighted by atomic mass is 33.1. The van der Waals surface area contributed by atoms with Crippen molar-refractivity contribution in [3.05, 3.63) is 17.1 Å². The molecule has 1 fully saturated rings. The van der Waals surface area contributed by atoms with Crippen molar-refractivity contribution in [2.45, 2.75) is 43.8 Å². The molecule has 1 rings (SSSR count). The van der Waals surface area contributed by atoms with Crippen LogP contribution in [0.4, 0.5) is 0 Å². The van der Waals surface area contributed by atoms with Crippen molar-refractivity contribution >= 4 is 63.9 Å². The second-order valence-corrected chi connectivity index (χ2v) is 13.7. The average molecular weight is 610 g/mol. The normalized spacial score (nSPS) is 24.9. The van der Waals surface area contributed by atoms with E-state index in [4.69, 9.17) is 25.8 Å². The van der Waals surface area contributed by atoms with Gasteiger partial charge >= 0.3 is 5.97 Å². The number of carbonyl (C=O) groups excluding carboxylic acids is 2. The molecule has 0 bridgehead atoms. The largest absolute Gasteiger partial charge is 0.756 e. The molecule has 1 heterocycles. The minimum absolute atomic E-state index is 0.0743. The number of phosphoric acid groups is 2. The number of carbonyl (C=O) groups is 2. The lowest BCUT2D eigenvalue weighted by molar-refractivity contribution is -0.236. The molecular weight excluding hydrogens is 586 g/mol. The second-order valence-electron chi connectivity index (χ2n) is 6.90. The van der Waals surface area contributed by atoms with E-state index in [1.165, 1.54) is 21.6 Å². The van der Waals surface area contributed by atoms with Gasteiger partial charge in [0.1, 0.15) is 25.3 Å². The topological polar surface area (TPSA) is 247 Å². The van der Waals surface area contributed by atoms with Gasteiger partial charge in [-0.2, -0.15) is 0 Å². The molecule has 3 unspecified atom stereocenters. The van der Waals surface area contributed by atoms with Gasteiger partial charge in [-0.25, -0.2) is 11.0 Å². The molecule has 16 nitrogen and oxygen atoms in total. The zero-order chi connectivity index (χ0) is 28.1. The highest BCUT2D eigenvalue weighted by Gasteiger charge is 2.39. The Morgan fingerprint density at radius 1 is 1.39 bits per heavy atom. The van der Waals surface area contributed by atoms with Crippen LogP contribution in [0.2, 0.25) is 12.6 Å². The number of hydrogen-bond donors (Lipinski definition) is 1. The van der Waals surface area contributed by atoms with Gasteiger partial charge in [0.05, 0.1) is 24.9 Å².